The first-order valence-electron chi connectivity index (χ1n) is 5.90. The van der Waals surface area contributed by atoms with Gasteiger partial charge in [0.05, 0.1) is 20.8 Å². The van der Waals surface area contributed by atoms with E-state index in [1.54, 1.807) is 6.92 Å². The van der Waals surface area contributed by atoms with Crippen molar-refractivity contribution in [1.82, 2.24) is 9.55 Å². The predicted octanol–water partition coefficient (Wildman–Crippen LogP) is 3.70. The van der Waals surface area contributed by atoms with Gasteiger partial charge in [0.2, 0.25) is 0 Å². The number of nitro groups is 1. The maximum Gasteiger partial charge on any atom is 0.343 e. The highest BCUT2D eigenvalue weighted by Crippen LogP contribution is 2.32. The molecule has 1 aromatic heterocycles. The lowest BCUT2D eigenvalue weighted by atomic mass is 10.3. The van der Waals surface area contributed by atoms with Crippen molar-refractivity contribution in [3.8, 4) is 0 Å². The lowest BCUT2D eigenvalue weighted by molar-refractivity contribution is -0.392. The van der Waals surface area contributed by atoms with Crippen molar-refractivity contribution in [3.05, 3.63) is 49.3 Å². The van der Waals surface area contributed by atoms with Crippen LogP contribution in [0.5, 0.6) is 0 Å². The van der Waals surface area contributed by atoms with Crippen LogP contribution in [0, 0.1) is 17.0 Å². The Morgan fingerprint density at radius 3 is 2.59 bits per heavy atom. The van der Waals surface area contributed by atoms with Crippen LogP contribution in [0.25, 0.3) is 0 Å². The van der Waals surface area contributed by atoms with E-state index in [1.165, 1.54) is 16.7 Å². The summed E-state index contributed by atoms with van der Waals surface area (Å²) in [6.07, 6.45) is 1.09. The minimum absolute atomic E-state index is 0.208. The molecule has 0 aliphatic heterocycles. The molecule has 7 nitrogen and oxygen atoms in total. The van der Waals surface area contributed by atoms with E-state index in [1.807, 2.05) is 0 Å². The fraction of sp³-hybridized carbons (Fsp3) is 0.167. The Morgan fingerprint density at radius 2 is 1.95 bits per heavy atom. The topological polar surface area (TPSA) is 90.1 Å². The molecule has 0 fully saturated rings. The summed E-state index contributed by atoms with van der Waals surface area (Å²) in [7, 11) is 0. The van der Waals surface area contributed by atoms with Crippen molar-refractivity contribution in [3.63, 3.8) is 0 Å². The van der Waals surface area contributed by atoms with Gasteiger partial charge in [0.25, 0.3) is 5.91 Å². The van der Waals surface area contributed by atoms with Crippen molar-refractivity contribution in [2.45, 2.75) is 13.5 Å². The maximum absolute atomic E-state index is 12.0. The Hall–Kier alpha value is -1.83. The van der Waals surface area contributed by atoms with Gasteiger partial charge in [0.1, 0.15) is 6.20 Å². The number of hydrogen-bond acceptors (Lipinski definition) is 4. The molecule has 10 heteroatoms. The number of nitrogens with zero attached hydrogens (tertiary/aromatic N) is 3. The van der Waals surface area contributed by atoms with E-state index in [2.05, 4.69) is 10.3 Å². The summed E-state index contributed by atoms with van der Waals surface area (Å²) in [4.78, 5) is 26.1. The maximum atomic E-state index is 12.0. The number of aromatic nitrogens is 2. The predicted molar refractivity (Wildman–Crippen MR) is 83.7 cm³/mol. The Bertz CT molecular complexity index is 760. The molecule has 2 rings (SSSR count). The van der Waals surface area contributed by atoms with Crippen molar-refractivity contribution in [2.24, 2.45) is 0 Å². The molecule has 1 heterocycles. The SMILES string of the molecule is Cc1ncc([N+](=O)[O-])n1CC(=O)Nc1cc(Cl)c(Cl)cc1Cl. The normalized spacial score (nSPS) is 10.5. The molecule has 0 saturated carbocycles. The molecule has 22 heavy (non-hydrogen) atoms. The van der Waals surface area contributed by atoms with Gasteiger partial charge >= 0.3 is 5.82 Å². The first kappa shape index (κ1) is 16.5. The zero-order valence-electron chi connectivity index (χ0n) is 11.1. The Labute approximate surface area is 139 Å². The minimum Gasteiger partial charge on any atom is -0.358 e. The van der Waals surface area contributed by atoms with Gasteiger partial charge in [0.15, 0.2) is 12.4 Å². The van der Waals surface area contributed by atoms with Gasteiger partial charge in [-0.25, -0.2) is 9.55 Å². The lowest BCUT2D eigenvalue weighted by Crippen LogP contribution is -2.20. The third-order valence-electron chi connectivity index (χ3n) is 2.81. The highest BCUT2D eigenvalue weighted by atomic mass is 35.5. The second kappa shape index (κ2) is 6.51. The Morgan fingerprint density at radius 1 is 1.32 bits per heavy atom. The zero-order valence-corrected chi connectivity index (χ0v) is 13.4. The number of rotatable bonds is 4. The van der Waals surface area contributed by atoms with Gasteiger partial charge in [-0.3, -0.25) is 4.79 Å². The van der Waals surface area contributed by atoms with Crippen LogP contribution in [0.4, 0.5) is 11.5 Å². The third kappa shape index (κ3) is 3.49. The molecule has 1 amide bonds. The molecule has 1 aromatic carbocycles. The molecule has 0 atom stereocenters. The van der Waals surface area contributed by atoms with E-state index in [-0.39, 0.29) is 33.1 Å². The first-order chi connectivity index (χ1) is 10.3. The van der Waals surface area contributed by atoms with E-state index < -0.39 is 10.8 Å². The number of carbonyl (C=O) groups excluding carboxylic acids is 1. The van der Waals surface area contributed by atoms with Crippen LogP contribution in [0.15, 0.2) is 18.3 Å². The van der Waals surface area contributed by atoms with E-state index in [4.69, 9.17) is 34.8 Å². The van der Waals surface area contributed by atoms with Gasteiger partial charge in [-0.2, -0.15) is 0 Å². The number of hydrogen-bond donors (Lipinski definition) is 1. The molecule has 1 N–H and O–H groups in total. The van der Waals surface area contributed by atoms with Gasteiger partial charge in [0, 0.05) is 6.92 Å². The summed E-state index contributed by atoms with van der Waals surface area (Å²) in [6, 6.07) is 2.80. The fourth-order valence-electron chi connectivity index (χ4n) is 1.75. The van der Waals surface area contributed by atoms with Crippen LogP contribution < -0.4 is 5.32 Å². The number of nitrogens with one attached hydrogen (secondary N) is 1. The summed E-state index contributed by atoms with van der Waals surface area (Å²) in [5.74, 6) is -0.431. The quantitative estimate of drug-likeness (QED) is 0.509. The number of benzene rings is 1. The smallest absolute Gasteiger partial charge is 0.343 e. The van der Waals surface area contributed by atoms with Gasteiger partial charge in [-0.05, 0) is 17.1 Å². The highest BCUT2D eigenvalue weighted by Gasteiger charge is 2.20. The number of carbonyl (C=O) groups is 1. The summed E-state index contributed by atoms with van der Waals surface area (Å²) >= 11 is 17.6. The minimum atomic E-state index is -0.612. The molecule has 0 aliphatic rings. The van der Waals surface area contributed by atoms with Crippen molar-refractivity contribution in [2.75, 3.05) is 5.32 Å². The first-order valence-corrected chi connectivity index (χ1v) is 7.04. The fourth-order valence-corrected chi connectivity index (χ4v) is 2.34. The van der Waals surface area contributed by atoms with Crippen LogP contribution in [0.2, 0.25) is 15.1 Å². The molecule has 116 valence electrons. The van der Waals surface area contributed by atoms with Crippen LogP contribution in [-0.2, 0) is 11.3 Å². The Kier molecular flexibility index (Phi) is 4.90. The van der Waals surface area contributed by atoms with Crippen molar-refractivity contribution in [1.29, 1.82) is 0 Å². The van der Waals surface area contributed by atoms with E-state index in [0.717, 1.165) is 6.20 Å². The second-order valence-corrected chi connectivity index (χ2v) is 5.52. The summed E-state index contributed by atoms with van der Waals surface area (Å²) in [6.45, 7) is 1.28. The number of halogens is 3. The molecule has 0 bridgehead atoms. The number of anilines is 1. The largest absolute Gasteiger partial charge is 0.358 e. The van der Waals surface area contributed by atoms with Crippen LogP contribution in [-0.4, -0.2) is 20.4 Å². The van der Waals surface area contributed by atoms with Crippen LogP contribution in [0.3, 0.4) is 0 Å². The number of amides is 1. The van der Waals surface area contributed by atoms with E-state index in [0.29, 0.717) is 5.82 Å². The monoisotopic (exact) mass is 362 g/mol. The number of imidazole rings is 1. The van der Waals surface area contributed by atoms with Crippen molar-refractivity contribution >= 4 is 52.2 Å². The van der Waals surface area contributed by atoms with Crippen LogP contribution in [0.1, 0.15) is 5.82 Å². The molecule has 0 radical (unpaired) electrons. The average molecular weight is 364 g/mol. The summed E-state index contributed by atoms with van der Waals surface area (Å²) in [5, 5.41) is 14.1. The number of aryl methyl sites for hydroxylation is 1. The Balaban J connectivity index is 2.19. The summed E-state index contributed by atoms with van der Waals surface area (Å²) < 4.78 is 1.18. The molecule has 0 spiro atoms. The molecular weight excluding hydrogens is 355 g/mol. The van der Waals surface area contributed by atoms with Gasteiger partial charge in [-0.1, -0.05) is 34.8 Å². The lowest BCUT2D eigenvalue weighted by Gasteiger charge is -2.08. The van der Waals surface area contributed by atoms with Gasteiger partial charge in [-0.15, -0.1) is 0 Å². The summed E-state index contributed by atoms with van der Waals surface area (Å²) in [5.41, 5.74) is 0.265. The molecular formula is C12H9Cl3N4O3. The molecule has 0 aliphatic carbocycles. The third-order valence-corrected chi connectivity index (χ3v) is 3.84. The zero-order chi connectivity index (χ0) is 16.4. The molecule has 0 saturated heterocycles. The second-order valence-electron chi connectivity index (χ2n) is 4.30. The van der Waals surface area contributed by atoms with E-state index >= 15 is 0 Å². The van der Waals surface area contributed by atoms with Crippen LogP contribution >= 0.6 is 34.8 Å². The van der Waals surface area contributed by atoms with Gasteiger partial charge < -0.3 is 15.4 Å². The van der Waals surface area contributed by atoms with E-state index in [9.17, 15) is 14.9 Å². The van der Waals surface area contributed by atoms with Crippen molar-refractivity contribution < 1.29 is 9.72 Å². The molecule has 0 unspecified atom stereocenters. The average Bonchev–Trinajstić information content (AvgIpc) is 2.77. The molecule has 2 aromatic rings. The standard InChI is InChI=1S/C12H9Cl3N4O3/c1-6-16-4-12(19(21)22)18(6)5-11(20)17-10-3-8(14)7(13)2-9(10)15/h2-4H,5H2,1H3,(H,17,20). The highest BCUT2D eigenvalue weighted by molar-refractivity contribution is 6.44.